The highest BCUT2D eigenvalue weighted by molar-refractivity contribution is 6.32. The lowest BCUT2D eigenvalue weighted by molar-refractivity contribution is -0.284. The van der Waals surface area contributed by atoms with E-state index in [-0.39, 0.29) is 16.2 Å². The summed E-state index contributed by atoms with van der Waals surface area (Å²) in [6, 6.07) is 0. The predicted molar refractivity (Wildman–Crippen MR) is 94.1 cm³/mol. The summed E-state index contributed by atoms with van der Waals surface area (Å²) in [6.07, 6.45) is 14.3. The van der Waals surface area contributed by atoms with Gasteiger partial charge in [-0.05, 0) is 24.2 Å². The minimum Gasteiger partial charge on any atom is -0.347 e. The van der Waals surface area contributed by atoms with Crippen molar-refractivity contribution >= 4 is 23.2 Å². The Balaban J connectivity index is 1.61. The largest absolute Gasteiger partial charge is 0.347 e. The van der Waals surface area contributed by atoms with E-state index in [4.69, 9.17) is 32.7 Å². The molecule has 4 aliphatic rings. The molecule has 2 nitrogen and oxygen atoms in total. The molecule has 4 heteroatoms. The second-order valence-electron chi connectivity index (χ2n) is 8.35. The highest BCUT2D eigenvalue weighted by Gasteiger charge is 2.71. The van der Waals surface area contributed by atoms with E-state index in [0.717, 1.165) is 19.6 Å². The summed E-state index contributed by atoms with van der Waals surface area (Å²) in [5, 5.41) is 0.0909. The Morgan fingerprint density at radius 1 is 0.783 bits per heavy atom. The second-order valence-corrected chi connectivity index (χ2v) is 9.33. The lowest BCUT2D eigenvalue weighted by Gasteiger charge is -2.66. The van der Waals surface area contributed by atoms with Crippen LogP contribution in [0.3, 0.4) is 0 Å². The molecule has 4 fully saturated rings. The maximum absolute atomic E-state index is 6.84. The molecule has 1 saturated heterocycles. The van der Waals surface area contributed by atoms with Crippen molar-refractivity contribution in [1.29, 1.82) is 0 Å². The summed E-state index contributed by atoms with van der Waals surface area (Å²) in [5.74, 6) is 0.556. The standard InChI is InChI=1S/C19H30Cl2O2/c20-15-16-18(17(15)21)9-7-5-3-1-2-4-6-8-14(12-18)13-19(16)22-10-11-23-19/h14-17H,1-13H2/t14-,15+,16+,17+,18-/m1/s1. The molecule has 4 rings (SSSR count). The third-order valence-corrected chi connectivity index (χ3v) is 8.35. The summed E-state index contributed by atoms with van der Waals surface area (Å²) in [4.78, 5) is 0. The van der Waals surface area contributed by atoms with Crippen LogP contribution in [0.25, 0.3) is 0 Å². The van der Waals surface area contributed by atoms with E-state index in [2.05, 4.69) is 0 Å². The first-order valence-corrected chi connectivity index (χ1v) is 10.6. The summed E-state index contributed by atoms with van der Waals surface area (Å²) >= 11 is 13.6. The van der Waals surface area contributed by atoms with Crippen LogP contribution in [-0.4, -0.2) is 29.8 Å². The van der Waals surface area contributed by atoms with Crippen LogP contribution in [0.4, 0.5) is 0 Å². The van der Waals surface area contributed by atoms with Crippen LogP contribution in [-0.2, 0) is 9.47 Å². The minimum atomic E-state index is -0.426. The fourth-order valence-electron chi connectivity index (χ4n) is 6.05. The van der Waals surface area contributed by atoms with Gasteiger partial charge in [0.2, 0.25) is 0 Å². The van der Waals surface area contributed by atoms with Crippen molar-refractivity contribution in [3.05, 3.63) is 0 Å². The highest BCUT2D eigenvalue weighted by atomic mass is 35.5. The SMILES string of the molecule is Cl[C@H]1[C@@H]2C3(C[C@@H]4CCCCCCCCC[C@]2(C4)[C@H]1Cl)OCCO3. The number of fused-ring (bicyclic) bond motifs is 2. The van der Waals surface area contributed by atoms with E-state index in [1.165, 1.54) is 64.2 Å². The summed E-state index contributed by atoms with van der Waals surface area (Å²) < 4.78 is 12.4. The molecule has 0 N–H and O–H groups in total. The van der Waals surface area contributed by atoms with Crippen molar-refractivity contribution in [3.63, 3.8) is 0 Å². The fourth-order valence-corrected chi connectivity index (χ4v) is 7.23. The molecule has 1 heterocycles. The number of alkyl halides is 2. The molecule has 2 spiro atoms. The van der Waals surface area contributed by atoms with Crippen molar-refractivity contribution in [2.45, 2.75) is 87.2 Å². The van der Waals surface area contributed by atoms with Gasteiger partial charge in [0.15, 0.2) is 5.79 Å². The number of ether oxygens (including phenoxy) is 2. The second kappa shape index (κ2) is 6.67. The fraction of sp³-hybridized carbons (Fsp3) is 1.00. The van der Waals surface area contributed by atoms with Crippen molar-refractivity contribution in [3.8, 4) is 0 Å². The monoisotopic (exact) mass is 360 g/mol. The van der Waals surface area contributed by atoms with Crippen LogP contribution >= 0.6 is 23.2 Å². The van der Waals surface area contributed by atoms with Gasteiger partial charge in [0.25, 0.3) is 0 Å². The van der Waals surface area contributed by atoms with Gasteiger partial charge in [0.1, 0.15) is 0 Å². The molecule has 23 heavy (non-hydrogen) atoms. The Kier molecular flexibility index (Phi) is 4.91. The zero-order chi connectivity index (χ0) is 15.9. The third-order valence-electron chi connectivity index (χ3n) is 7.01. The minimum absolute atomic E-state index is 0.00335. The Bertz CT molecular complexity index is 424. The van der Waals surface area contributed by atoms with E-state index >= 15 is 0 Å². The van der Waals surface area contributed by atoms with E-state index in [1.807, 2.05) is 0 Å². The first kappa shape index (κ1) is 16.9. The van der Waals surface area contributed by atoms with Gasteiger partial charge in [-0.15, -0.1) is 23.2 Å². The van der Waals surface area contributed by atoms with E-state index < -0.39 is 5.79 Å². The highest BCUT2D eigenvalue weighted by Crippen LogP contribution is 2.68. The lowest BCUT2D eigenvalue weighted by atomic mass is 9.47. The average Bonchev–Trinajstić information content (AvgIpc) is 2.99. The topological polar surface area (TPSA) is 18.5 Å². The maximum atomic E-state index is 6.84. The van der Waals surface area contributed by atoms with Crippen LogP contribution in [0.1, 0.15) is 70.6 Å². The molecule has 5 atom stereocenters. The molecule has 0 amide bonds. The smallest absolute Gasteiger partial charge is 0.173 e. The van der Waals surface area contributed by atoms with Crippen LogP contribution in [0.5, 0.6) is 0 Å². The van der Waals surface area contributed by atoms with Gasteiger partial charge in [-0.2, -0.15) is 0 Å². The van der Waals surface area contributed by atoms with Gasteiger partial charge in [0.05, 0.1) is 24.0 Å². The first-order valence-electron chi connectivity index (χ1n) is 9.74. The zero-order valence-corrected chi connectivity index (χ0v) is 15.6. The first-order chi connectivity index (χ1) is 11.2. The zero-order valence-electron chi connectivity index (χ0n) is 14.1. The molecule has 0 aromatic rings. The number of rotatable bonds is 0. The molecule has 1 aliphatic heterocycles. The Morgan fingerprint density at radius 3 is 2.17 bits per heavy atom. The summed E-state index contributed by atoms with van der Waals surface area (Å²) in [7, 11) is 0. The molecule has 3 aliphatic carbocycles. The van der Waals surface area contributed by atoms with Gasteiger partial charge < -0.3 is 9.47 Å². The van der Waals surface area contributed by atoms with Crippen molar-refractivity contribution in [2.75, 3.05) is 13.2 Å². The molecule has 0 aromatic heterocycles. The van der Waals surface area contributed by atoms with E-state index in [0.29, 0.717) is 11.8 Å². The number of halogens is 2. The molecular weight excluding hydrogens is 331 g/mol. The van der Waals surface area contributed by atoms with Crippen molar-refractivity contribution in [2.24, 2.45) is 17.3 Å². The Morgan fingerprint density at radius 2 is 1.43 bits per heavy atom. The number of hydrogen-bond donors (Lipinski definition) is 0. The molecular formula is C19H30Cl2O2. The molecule has 132 valence electrons. The molecule has 0 unspecified atom stereocenters. The van der Waals surface area contributed by atoms with Crippen molar-refractivity contribution in [1.82, 2.24) is 0 Å². The van der Waals surface area contributed by atoms with E-state index in [9.17, 15) is 0 Å². The Labute approximate surface area is 150 Å². The van der Waals surface area contributed by atoms with Crippen LogP contribution in [0.2, 0.25) is 0 Å². The van der Waals surface area contributed by atoms with Crippen LogP contribution < -0.4 is 0 Å². The summed E-state index contributed by atoms with van der Waals surface area (Å²) in [5.41, 5.74) is 0.153. The van der Waals surface area contributed by atoms with Crippen LogP contribution in [0.15, 0.2) is 0 Å². The lowest BCUT2D eigenvalue weighted by Crippen LogP contribution is -2.71. The van der Waals surface area contributed by atoms with Gasteiger partial charge in [0, 0.05) is 12.3 Å². The normalized spacial score (nSPS) is 47.2. The van der Waals surface area contributed by atoms with Crippen LogP contribution in [0, 0.1) is 17.3 Å². The number of hydrogen-bond acceptors (Lipinski definition) is 2. The van der Waals surface area contributed by atoms with E-state index in [1.54, 1.807) is 0 Å². The van der Waals surface area contributed by atoms with Gasteiger partial charge in [-0.1, -0.05) is 51.4 Å². The Hall–Kier alpha value is 0.500. The molecule has 3 saturated carbocycles. The average molecular weight is 361 g/mol. The van der Waals surface area contributed by atoms with Gasteiger partial charge in [-0.25, -0.2) is 0 Å². The maximum Gasteiger partial charge on any atom is 0.173 e. The summed E-state index contributed by atoms with van der Waals surface area (Å²) in [6.45, 7) is 1.44. The molecule has 0 radical (unpaired) electrons. The predicted octanol–water partition coefficient (Wildman–Crippen LogP) is 5.50. The molecule has 2 bridgehead atoms. The quantitative estimate of drug-likeness (QED) is 0.531. The van der Waals surface area contributed by atoms with Gasteiger partial charge in [-0.3, -0.25) is 0 Å². The van der Waals surface area contributed by atoms with Gasteiger partial charge >= 0.3 is 0 Å². The van der Waals surface area contributed by atoms with Crippen molar-refractivity contribution < 1.29 is 9.47 Å². The molecule has 0 aromatic carbocycles. The third kappa shape index (κ3) is 2.76.